The molecule has 2 aromatic carbocycles. The van der Waals surface area contributed by atoms with Gasteiger partial charge in [-0.15, -0.1) is 23.5 Å². The second-order valence-electron chi connectivity index (χ2n) is 5.71. The molecule has 1 aliphatic rings. The molecule has 0 fully saturated rings. The molecule has 0 radical (unpaired) electrons. The Morgan fingerprint density at radius 3 is 2.71 bits per heavy atom. The van der Waals surface area contributed by atoms with Gasteiger partial charge in [-0.25, -0.2) is 0 Å². The van der Waals surface area contributed by atoms with Crippen molar-refractivity contribution >= 4 is 35.1 Å². The number of benzene rings is 2. The van der Waals surface area contributed by atoms with E-state index in [1.165, 1.54) is 16.7 Å². The van der Waals surface area contributed by atoms with Crippen LogP contribution in [0.3, 0.4) is 0 Å². The molecular formula is C19H21NO2S2. The van der Waals surface area contributed by atoms with Crippen LogP contribution in [-0.2, 0) is 4.79 Å². The molecule has 0 saturated carbocycles. The van der Waals surface area contributed by atoms with E-state index in [1.807, 2.05) is 60.4 Å². The zero-order valence-electron chi connectivity index (χ0n) is 13.6. The Balaban J connectivity index is 1.61. The number of amides is 1. The van der Waals surface area contributed by atoms with Crippen LogP contribution in [0.25, 0.3) is 0 Å². The molecule has 0 aromatic heterocycles. The number of nitrogens with zero attached hydrogens (tertiary/aromatic N) is 1. The molecule has 2 aromatic rings. The Labute approximate surface area is 151 Å². The van der Waals surface area contributed by atoms with E-state index in [-0.39, 0.29) is 11.2 Å². The van der Waals surface area contributed by atoms with Crippen molar-refractivity contribution in [2.45, 2.75) is 23.2 Å². The van der Waals surface area contributed by atoms with E-state index in [9.17, 15) is 9.90 Å². The molecule has 1 heterocycles. The number of hydrogen-bond acceptors (Lipinski definition) is 4. The van der Waals surface area contributed by atoms with E-state index in [2.05, 4.69) is 6.07 Å². The SMILES string of the molecule is CC(SCC(O)c1ccccc1)C(=O)N1CCSc2ccccc21. The molecule has 0 saturated heterocycles. The minimum atomic E-state index is -0.546. The number of carbonyl (C=O) groups excluding carboxylic acids is 1. The third-order valence-corrected chi connectivity index (χ3v) is 6.28. The summed E-state index contributed by atoms with van der Waals surface area (Å²) in [6.45, 7) is 2.67. The Morgan fingerprint density at radius 2 is 1.92 bits per heavy atom. The molecule has 0 aliphatic carbocycles. The van der Waals surface area contributed by atoms with Gasteiger partial charge < -0.3 is 10.0 Å². The Bertz CT molecular complexity index is 693. The van der Waals surface area contributed by atoms with E-state index in [0.29, 0.717) is 5.75 Å². The second-order valence-corrected chi connectivity index (χ2v) is 8.22. The van der Waals surface area contributed by atoms with Crippen molar-refractivity contribution in [1.29, 1.82) is 0 Å². The lowest BCUT2D eigenvalue weighted by Crippen LogP contribution is -2.40. The summed E-state index contributed by atoms with van der Waals surface area (Å²) in [5, 5.41) is 10.1. The van der Waals surface area contributed by atoms with E-state index in [1.54, 1.807) is 11.8 Å². The molecule has 1 amide bonds. The van der Waals surface area contributed by atoms with Gasteiger partial charge in [0.25, 0.3) is 0 Å². The number of fused-ring (bicyclic) bond motifs is 1. The highest BCUT2D eigenvalue weighted by Crippen LogP contribution is 2.35. The van der Waals surface area contributed by atoms with Crippen molar-refractivity contribution in [1.82, 2.24) is 0 Å². The number of aliphatic hydroxyl groups is 1. The van der Waals surface area contributed by atoms with Gasteiger partial charge in [0.1, 0.15) is 0 Å². The fourth-order valence-electron chi connectivity index (χ4n) is 2.70. The first-order chi connectivity index (χ1) is 11.7. The summed E-state index contributed by atoms with van der Waals surface area (Å²) in [5.41, 5.74) is 1.90. The first kappa shape index (κ1) is 17.4. The molecule has 5 heteroatoms. The van der Waals surface area contributed by atoms with Crippen molar-refractivity contribution in [3.8, 4) is 0 Å². The summed E-state index contributed by atoms with van der Waals surface area (Å²) in [4.78, 5) is 15.9. The van der Waals surface area contributed by atoms with Gasteiger partial charge in [0, 0.05) is 22.9 Å². The van der Waals surface area contributed by atoms with Crippen LogP contribution >= 0.6 is 23.5 Å². The number of thioether (sulfide) groups is 2. The van der Waals surface area contributed by atoms with Crippen molar-refractivity contribution < 1.29 is 9.90 Å². The summed E-state index contributed by atoms with van der Waals surface area (Å²) in [7, 11) is 0. The Morgan fingerprint density at radius 1 is 1.21 bits per heavy atom. The summed E-state index contributed by atoms with van der Waals surface area (Å²) in [6, 6.07) is 17.6. The van der Waals surface area contributed by atoms with E-state index in [0.717, 1.165) is 23.5 Å². The third-order valence-electron chi connectivity index (χ3n) is 4.03. The van der Waals surface area contributed by atoms with Crippen LogP contribution in [-0.4, -0.2) is 34.3 Å². The predicted octanol–water partition coefficient (Wildman–Crippen LogP) is 3.98. The zero-order valence-corrected chi connectivity index (χ0v) is 15.2. The third kappa shape index (κ3) is 3.97. The largest absolute Gasteiger partial charge is 0.388 e. The lowest BCUT2D eigenvalue weighted by Gasteiger charge is -2.31. The van der Waals surface area contributed by atoms with Gasteiger partial charge in [-0.1, -0.05) is 42.5 Å². The van der Waals surface area contributed by atoms with Gasteiger partial charge in [-0.3, -0.25) is 4.79 Å². The maximum absolute atomic E-state index is 12.8. The molecule has 3 rings (SSSR count). The maximum Gasteiger partial charge on any atom is 0.239 e. The van der Waals surface area contributed by atoms with Crippen LogP contribution in [0.2, 0.25) is 0 Å². The molecule has 2 atom stereocenters. The van der Waals surface area contributed by atoms with Crippen molar-refractivity contribution in [3.63, 3.8) is 0 Å². The highest BCUT2D eigenvalue weighted by atomic mass is 32.2. The fourth-order valence-corrected chi connectivity index (χ4v) is 4.62. The van der Waals surface area contributed by atoms with Crippen LogP contribution in [0.5, 0.6) is 0 Å². The van der Waals surface area contributed by atoms with E-state index >= 15 is 0 Å². The highest BCUT2D eigenvalue weighted by Gasteiger charge is 2.27. The van der Waals surface area contributed by atoms with Gasteiger partial charge in [0.2, 0.25) is 5.91 Å². The summed E-state index contributed by atoms with van der Waals surface area (Å²) in [5.74, 6) is 1.56. The summed E-state index contributed by atoms with van der Waals surface area (Å²) >= 11 is 3.30. The van der Waals surface area contributed by atoms with Crippen LogP contribution in [0, 0.1) is 0 Å². The quantitative estimate of drug-likeness (QED) is 0.877. The average Bonchev–Trinajstić information content (AvgIpc) is 2.65. The van der Waals surface area contributed by atoms with Crippen molar-refractivity contribution in [2.75, 3.05) is 23.0 Å². The topological polar surface area (TPSA) is 40.5 Å². The standard InChI is InChI=1S/C19H21NO2S2/c1-14(24-13-17(21)15-7-3-2-4-8-15)19(22)20-11-12-23-18-10-6-5-9-16(18)20/h2-10,14,17,21H,11-13H2,1H3. The molecule has 0 bridgehead atoms. The number of para-hydroxylation sites is 1. The highest BCUT2D eigenvalue weighted by molar-refractivity contribution is 8.00. The van der Waals surface area contributed by atoms with Gasteiger partial charge in [-0.05, 0) is 24.6 Å². The lowest BCUT2D eigenvalue weighted by molar-refractivity contribution is -0.117. The van der Waals surface area contributed by atoms with Crippen LogP contribution in [0.1, 0.15) is 18.6 Å². The Kier molecular flexibility index (Phi) is 5.87. The maximum atomic E-state index is 12.8. The molecule has 1 aliphatic heterocycles. The molecule has 24 heavy (non-hydrogen) atoms. The Hall–Kier alpha value is -1.43. The first-order valence-electron chi connectivity index (χ1n) is 8.04. The van der Waals surface area contributed by atoms with E-state index < -0.39 is 6.10 Å². The van der Waals surface area contributed by atoms with Crippen molar-refractivity contribution in [2.24, 2.45) is 0 Å². The van der Waals surface area contributed by atoms with Gasteiger partial charge in [-0.2, -0.15) is 0 Å². The molecule has 3 nitrogen and oxygen atoms in total. The second kappa shape index (κ2) is 8.10. The van der Waals surface area contributed by atoms with Crippen molar-refractivity contribution in [3.05, 3.63) is 60.2 Å². The molecule has 126 valence electrons. The molecule has 1 N–H and O–H groups in total. The van der Waals surface area contributed by atoms with Gasteiger partial charge in [0.15, 0.2) is 0 Å². The summed E-state index contributed by atoms with van der Waals surface area (Å²) < 4.78 is 0. The van der Waals surface area contributed by atoms with Crippen LogP contribution < -0.4 is 4.90 Å². The minimum absolute atomic E-state index is 0.119. The van der Waals surface area contributed by atoms with Gasteiger partial charge >= 0.3 is 0 Å². The van der Waals surface area contributed by atoms with Gasteiger partial charge in [0.05, 0.1) is 17.0 Å². The monoisotopic (exact) mass is 359 g/mol. The first-order valence-corrected chi connectivity index (χ1v) is 10.1. The number of anilines is 1. The number of hydrogen-bond donors (Lipinski definition) is 1. The fraction of sp³-hybridized carbons (Fsp3) is 0.316. The number of carbonyl (C=O) groups is 1. The average molecular weight is 360 g/mol. The molecule has 2 unspecified atom stereocenters. The molecule has 0 spiro atoms. The van der Waals surface area contributed by atoms with Crippen LogP contribution in [0.4, 0.5) is 5.69 Å². The van der Waals surface area contributed by atoms with Crippen LogP contribution in [0.15, 0.2) is 59.5 Å². The zero-order chi connectivity index (χ0) is 16.9. The van der Waals surface area contributed by atoms with E-state index in [4.69, 9.17) is 0 Å². The summed E-state index contributed by atoms with van der Waals surface area (Å²) in [6.07, 6.45) is -0.546. The lowest BCUT2D eigenvalue weighted by atomic mass is 10.1. The minimum Gasteiger partial charge on any atom is -0.388 e. The smallest absolute Gasteiger partial charge is 0.239 e. The predicted molar refractivity (Wildman–Crippen MR) is 103 cm³/mol. The number of rotatable bonds is 5. The molecular weight excluding hydrogens is 338 g/mol. The normalized spacial score (nSPS) is 16.3. The number of aliphatic hydroxyl groups excluding tert-OH is 1.